The van der Waals surface area contributed by atoms with E-state index in [1.54, 1.807) is 24.8 Å². The first-order valence-electron chi connectivity index (χ1n) is 3.57. The van der Waals surface area contributed by atoms with Crippen LogP contribution < -0.4 is 0 Å². The maximum absolute atomic E-state index is 4.14. The van der Waals surface area contributed by atoms with Crippen molar-refractivity contribution < 1.29 is 0 Å². The molecule has 0 amide bonds. The third-order valence-corrected chi connectivity index (χ3v) is 2.27. The predicted octanol–water partition coefficient (Wildman–Crippen LogP) is 1.45. The number of hydrogen-bond acceptors (Lipinski definition) is 3. The van der Waals surface area contributed by atoms with Gasteiger partial charge >= 0.3 is 0 Å². The molecule has 0 spiro atoms. The Morgan fingerprint density at radius 1 is 1.46 bits per heavy atom. The number of nitrogens with zero attached hydrogens (tertiary/aromatic N) is 4. The second-order valence-corrected chi connectivity index (χ2v) is 3.38. The van der Waals surface area contributed by atoms with Crippen molar-refractivity contribution in [3.8, 4) is 0 Å². The molecule has 13 heavy (non-hydrogen) atoms. The fourth-order valence-corrected chi connectivity index (χ4v) is 1.44. The van der Waals surface area contributed by atoms with E-state index in [-0.39, 0.29) is 0 Å². The molecule has 1 aromatic heterocycles. The molecule has 5 heteroatoms. The Labute approximate surface area is 88.6 Å². The standard InChI is InChI=1S/C8H5IN4/c9-7-5-11-6-13(7)8-1-2-10-3-4-12-8/h1-2,4-6H. The number of allylic oxidation sites excluding steroid dienone is 1. The van der Waals surface area contributed by atoms with Crippen molar-refractivity contribution in [2.45, 2.75) is 0 Å². The van der Waals surface area contributed by atoms with E-state index < -0.39 is 0 Å². The van der Waals surface area contributed by atoms with E-state index in [2.05, 4.69) is 43.4 Å². The van der Waals surface area contributed by atoms with Crippen molar-refractivity contribution in [3.63, 3.8) is 0 Å². The molecule has 4 nitrogen and oxygen atoms in total. The molecule has 0 N–H and O–H groups in total. The van der Waals surface area contributed by atoms with Gasteiger partial charge in [0.15, 0.2) is 0 Å². The second-order valence-electron chi connectivity index (χ2n) is 2.28. The van der Waals surface area contributed by atoms with Crippen LogP contribution in [0.1, 0.15) is 0 Å². The molecule has 0 aliphatic carbocycles. The highest BCUT2D eigenvalue weighted by atomic mass is 127. The van der Waals surface area contributed by atoms with Gasteiger partial charge in [0.1, 0.15) is 15.9 Å². The van der Waals surface area contributed by atoms with Gasteiger partial charge in [0.2, 0.25) is 0 Å². The molecule has 0 bridgehead atoms. The molecule has 0 fully saturated rings. The van der Waals surface area contributed by atoms with E-state index in [0.29, 0.717) is 0 Å². The summed E-state index contributed by atoms with van der Waals surface area (Å²) in [5.74, 6) is 3.44. The molecule has 0 saturated carbocycles. The Morgan fingerprint density at radius 3 is 3.15 bits per heavy atom. The monoisotopic (exact) mass is 284 g/mol. The van der Waals surface area contributed by atoms with Crippen LogP contribution in [0.3, 0.4) is 0 Å². The Hall–Kier alpha value is -1.20. The van der Waals surface area contributed by atoms with Gasteiger partial charge in [-0.3, -0.25) is 4.57 Å². The minimum atomic E-state index is 0.788. The Morgan fingerprint density at radius 2 is 2.38 bits per heavy atom. The van der Waals surface area contributed by atoms with E-state index in [1.807, 2.05) is 4.57 Å². The number of imidazole rings is 1. The van der Waals surface area contributed by atoms with E-state index in [9.17, 15) is 0 Å². The van der Waals surface area contributed by atoms with Crippen LogP contribution in [0.15, 0.2) is 41.0 Å². The van der Waals surface area contributed by atoms with Gasteiger partial charge < -0.3 is 0 Å². The van der Waals surface area contributed by atoms with Crippen molar-refractivity contribution in [1.29, 1.82) is 0 Å². The lowest BCUT2D eigenvalue weighted by Crippen LogP contribution is -2.08. The van der Waals surface area contributed by atoms with Crippen LogP contribution in [0.5, 0.6) is 0 Å². The predicted molar refractivity (Wildman–Crippen MR) is 58.9 cm³/mol. The van der Waals surface area contributed by atoms with Gasteiger partial charge in [-0.1, -0.05) is 0 Å². The van der Waals surface area contributed by atoms with E-state index in [0.717, 1.165) is 9.54 Å². The highest BCUT2D eigenvalue weighted by molar-refractivity contribution is 14.1. The van der Waals surface area contributed by atoms with E-state index in [4.69, 9.17) is 0 Å². The third kappa shape index (κ3) is 1.76. The van der Waals surface area contributed by atoms with Crippen LogP contribution in [0.2, 0.25) is 0 Å². The number of hydrogen-bond donors (Lipinski definition) is 0. The summed E-state index contributed by atoms with van der Waals surface area (Å²) >= 11 is 2.19. The molecule has 64 valence electrons. The van der Waals surface area contributed by atoms with E-state index in [1.165, 1.54) is 6.20 Å². The minimum Gasteiger partial charge on any atom is -0.278 e. The molecule has 0 saturated heterocycles. The fraction of sp³-hybridized carbons (Fsp3) is 0. The van der Waals surface area contributed by atoms with Crippen LogP contribution in [-0.4, -0.2) is 21.3 Å². The minimum absolute atomic E-state index is 0.788. The number of rotatable bonds is 0. The summed E-state index contributed by atoms with van der Waals surface area (Å²) in [4.78, 5) is 12.0. The van der Waals surface area contributed by atoms with Crippen LogP contribution in [0.25, 0.3) is 0 Å². The van der Waals surface area contributed by atoms with Crippen molar-refractivity contribution >= 4 is 34.3 Å². The van der Waals surface area contributed by atoms with Crippen molar-refractivity contribution in [3.05, 3.63) is 34.7 Å². The molecule has 1 aliphatic heterocycles. The zero-order chi connectivity index (χ0) is 9.10. The topological polar surface area (TPSA) is 42.5 Å². The average molecular weight is 284 g/mol. The zero-order valence-electron chi connectivity index (χ0n) is 6.55. The van der Waals surface area contributed by atoms with Crippen LogP contribution in [0, 0.1) is 3.70 Å². The number of aromatic nitrogens is 2. The molecule has 1 aromatic rings. The van der Waals surface area contributed by atoms with Gasteiger partial charge in [0.25, 0.3) is 0 Å². The van der Waals surface area contributed by atoms with Crippen molar-refractivity contribution in [1.82, 2.24) is 9.55 Å². The molecule has 2 rings (SSSR count). The Kier molecular flexibility index (Phi) is 2.37. The molecule has 0 atom stereocenters. The molecular weight excluding hydrogens is 279 g/mol. The van der Waals surface area contributed by atoms with Gasteiger partial charge in [-0.25, -0.2) is 15.0 Å². The normalized spacial score (nSPS) is 14.4. The summed E-state index contributed by atoms with van der Waals surface area (Å²) in [6, 6.07) is 0. The molecule has 0 unspecified atom stereocenters. The largest absolute Gasteiger partial charge is 0.278 e. The SMILES string of the molecule is Ic1cncn1C1=NC=C=NC=C1. The number of halogens is 1. The van der Waals surface area contributed by atoms with Gasteiger partial charge in [-0.2, -0.15) is 0 Å². The maximum Gasteiger partial charge on any atom is 0.141 e. The highest BCUT2D eigenvalue weighted by Crippen LogP contribution is 2.04. The first-order chi connectivity index (χ1) is 6.38. The molecular formula is C8H5IN4. The lowest BCUT2D eigenvalue weighted by Gasteiger charge is -2.00. The van der Waals surface area contributed by atoms with Crippen LogP contribution in [-0.2, 0) is 0 Å². The molecule has 2 heterocycles. The summed E-state index contributed by atoms with van der Waals surface area (Å²) in [5.41, 5.74) is 0. The first-order valence-corrected chi connectivity index (χ1v) is 4.65. The van der Waals surface area contributed by atoms with Crippen molar-refractivity contribution in [2.75, 3.05) is 0 Å². The summed E-state index contributed by atoms with van der Waals surface area (Å²) in [7, 11) is 0. The zero-order valence-corrected chi connectivity index (χ0v) is 8.71. The van der Waals surface area contributed by atoms with Gasteiger partial charge in [0.05, 0.1) is 12.4 Å². The first kappa shape index (κ1) is 8.40. The summed E-state index contributed by atoms with van der Waals surface area (Å²) in [6.07, 6.45) is 8.47. The Balaban J connectivity index is 2.44. The maximum atomic E-state index is 4.14. The van der Waals surface area contributed by atoms with Gasteiger partial charge in [0, 0.05) is 18.1 Å². The lowest BCUT2D eigenvalue weighted by atomic mass is 10.5. The summed E-state index contributed by atoms with van der Waals surface area (Å²) in [6.45, 7) is 0. The molecule has 1 aliphatic rings. The smallest absolute Gasteiger partial charge is 0.141 e. The average Bonchev–Trinajstić information content (AvgIpc) is 2.43. The van der Waals surface area contributed by atoms with Gasteiger partial charge in [-0.15, -0.1) is 0 Å². The fourth-order valence-electron chi connectivity index (χ4n) is 0.908. The Bertz CT molecular complexity index is 435. The second kappa shape index (κ2) is 3.68. The van der Waals surface area contributed by atoms with Crippen molar-refractivity contribution in [2.24, 2.45) is 9.98 Å². The number of aliphatic imine (C=N–C) groups is 2. The summed E-state index contributed by atoms with van der Waals surface area (Å²) in [5, 5.41) is 0. The van der Waals surface area contributed by atoms with Crippen LogP contribution >= 0.6 is 22.6 Å². The quantitative estimate of drug-likeness (QED) is 0.665. The third-order valence-electron chi connectivity index (χ3n) is 1.47. The molecule has 0 radical (unpaired) electrons. The van der Waals surface area contributed by atoms with E-state index >= 15 is 0 Å². The lowest BCUT2D eigenvalue weighted by molar-refractivity contribution is 1.10. The van der Waals surface area contributed by atoms with Gasteiger partial charge in [-0.05, 0) is 22.6 Å². The highest BCUT2D eigenvalue weighted by Gasteiger charge is 2.02. The molecule has 0 aromatic carbocycles. The van der Waals surface area contributed by atoms with Crippen LogP contribution in [0.4, 0.5) is 0 Å². The summed E-state index contributed by atoms with van der Waals surface area (Å²) < 4.78 is 2.88.